The number of carbonyl (C=O) groups is 3. The number of likely N-dealkylation sites (tertiary alicyclic amines) is 1. The molecular weight excluding hydrogens is 262 g/mol. The lowest BCUT2D eigenvalue weighted by molar-refractivity contribution is -0.138. The van der Waals surface area contributed by atoms with Crippen LogP contribution in [0.2, 0.25) is 0 Å². The number of amides is 3. The fourth-order valence-corrected chi connectivity index (χ4v) is 2.52. The van der Waals surface area contributed by atoms with Gasteiger partial charge in [0.25, 0.3) is 0 Å². The molecule has 1 rings (SSSR count). The second-order valence-corrected chi connectivity index (χ2v) is 5.90. The average Bonchev–Trinajstić information content (AvgIpc) is 2.25. The molecule has 1 atom stereocenters. The summed E-state index contributed by atoms with van der Waals surface area (Å²) >= 11 is 0. The Labute approximate surface area is 118 Å². The van der Waals surface area contributed by atoms with Crippen LogP contribution in [-0.4, -0.2) is 46.0 Å². The SMILES string of the molecule is CC(C)(CC(N)=O)NC(=O)N1CCCCC1CC(=O)O. The molecule has 1 unspecified atom stereocenters. The van der Waals surface area contributed by atoms with Crippen molar-refractivity contribution in [1.29, 1.82) is 0 Å². The third-order valence-corrected chi connectivity index (χ3v) is 3.36. The van der Waals surface area contributed by atoms with Crippen molar-refractivity contribution < 1.29 is 19.5 Å². The van der Waals surface area contributed by atoms with E-state index in [9.17, 15) is 14.4 Å². The van der Waals surface area contributed by atoms with Gasteiger partial charge in [-0.2, -0.15) is 0 Å². The minimum absolute atomic E-state index is 0.0379. The van der Waals surface area contributed by atoms with Crippen molar-refractivity contribution in [2.24, 2.45) is 5.73 Å². The van der Waals surface area contributed by atoms with Crippen LogP contribution in [0.1, 0.15) is 46.0 Å². The van der Waals surface area contributed by atoms with E-state index in [1.165, 1.54) is 0 Å². The molecule has 0 saturated carbocycles. The molecule has 0 aliphatic carbocycles. The Bertz CT molecular complexity index is 395. The van der Waals surface area contributed by atoms with E-state index in [-0.39, 0.29) is 24.9 Å². The van der Waals surface area contributed by atoms with Crippen molar-refractivity contribution >= 4 is 17.9 Å². The molecule has 1 heterocycles. The number of piperidine rings is 1. The van der Waals surface area contributed by atoms with Gasteiger partial charge in [-0.05, 0) is 33.1 Å². The van der Waals surface area contributed by atoms with Gasteiger partial charge in [0.1, 0.15) is 0 Å². The van der Waals surface area contributed by atoms with Crippen LogP contribution < -0.4 is 11.1 Å². The van der Waals surface area contributed by atoms with Crippen molar-refractivity contribution in [3.63, 3.8) is 0 Å². The molecule has 1 saturated heterocycles. The van der Waals surface area contributed by atoms with Gasteiger partial charge in [-0.15, -0.1) is 0 Å². The van der Waals surface area contributed by atoms with Crippen LogP contribution in [0.5, 0.6) is 0 Å². The monoisotopic (exact) mass is 285 g/mol. The van der Waals surface area contributed by atoms with Crippen molar-refractivity contribution in [2.45, 2.75) is 57.5 Å². The predicted molar refractivity (Wildman–Crippen MR) is 73.0 cm³/mol. The Morgan fingerprint density at radius 3 is 2.55 bits per heavy atom. The Kier molecular flexibility index (Phi) is 5.35. The molecule has 3 amide bonds. The first-order valence-electron chi connectivity index (χ1n) is 6.80. The average molecular weight is 285 g/mol. The summed E-state index contributed by atoms with van der Waals surface area (Å²) in [5, 5.41) is 11.7. The first-order valence-corrected chi connectivity index (χ1v) is 6.80. The fourth-order valence-electron chi connectivity index (χ4n) is 2.52. The molecule has 0 aromatic rings. The first-order chi connectivity index (χ1) is 9.21. The normalized spacial score (nSPS) is 19.5. The molecule has 0 aromatic heterocycles. The zero-order chi connectivity index (χ0) is 15.3. The lowest BCUT2D eigenvalue weighted by atomic mass is 9.98. The molecule has 0 radical (unpaired) electrons. The summed E-state index contributed by atoms with van der Waals surface area (Å²) in [6.07, 6.45) is 2.46. The van der Waals surface area contributed by atoms with Crippen LogP contribution in [0.15, 0.2) is 0 Å². The van der Waals surface area contributed by atoms with Crippen LogP contribution in [0.3, 0.4) is 0 Å². The zero-order valence-corrected chi connectivity index (χ0v) is 12.0. The second kappa shape index (κ2) is 6.58. The van der Waals surface area contributed by atoms with Crippen molar-refractivity contribution in [2.75, 3.05) is 6.54 Å². The van der Waals surface area contributed by atoms with Crippen LogP contribution in [0.25, 0.3) is 0 Å². The molecule has 1 aliphatic heterocycles. The minimum Gasteiger partial charge on any atom is -0.481 e. The molecule has 0 spiro atoms. The number of nitrogens with zero attached hydrogens (tertiary/aromatic N) is 1. The summed E-state index contributed by atoms with van der Waals surface area (Å²) in [7, 11) is 0. The molecule has 7 nitrogen and oxygen atoms in total. The summed E-state index contributed by atoms with van der Waals surface area (Å²) in [5.41, 5.74) is 4.40. The number of nitrogens with one attached hydrogen (secondary N) is 1. The zero-order valence-electron chi connectivity index (χ0n) is 12.0. The van der Waals surface area contributed by atoms with E-state index in [2.05, 4.69) is 5.32 Å². The van der Waals surface area contributed by atoms with E-state index in [0.717, 1.165) is 12.8 Å². The highest BCUT2D eigenvalue weighted by atomic mass is 16.4. The third-order valence-electron chi connectivity index (χ3n) is 3.36. The van der Waals surface area contributed by atoms with Gasteiger partial charge in [0.15, 0.2) is 0 Å². The topological polar surface area (TPSA) is 113 Å². The van der Waals surface area contributed by atoms with Gasteiger partial charge in [0.2, 0.25) is 5.91 Å². The van der Waals surface area contributed by atoms with E-state index in [1.807, 2.05) is 0 Å². The number of carboxylic acids is 1. The van der Waals surface area contributed by atoms with Gasteiger partial charge < -0.3 is 21.1 Å². The Morgan fingerprint density at radius 1 is 1.35 bits per heavy atom. The van der Waals surface area contributed by atoms with Crippen LogP contribution in [0, 0.1) is 0 Å². The molecule has 4 N–H and O–H groups in total. The standard InChI is InChI=1S/C13H23N3O4/c1-13(2,8-10(14)17)15-12(20)16-6-4-3-5-9(16)7-11(18)19/h9H,3-8H2,1-2H3,(H2,14,17)(H,15,20)(H,18,19). The van der Waals surface area contributed by atoms with Crippen LogP contribution >= 0.6 is 0 Å². The van der Waals surface area contributed by atoms with E-state index in [0.29, 0.717) is 13.0 Å². The van der Waals surface area contributed by atoms with Gasteiger partial charge in [-0.1, -0.05) is 0 Å². The number of hydrogen-bond acceptors (Lipinski definition) is 3. The predicted octanol–water partition coefficient (Wildman–Crippen LogP) is 0.679. The summed E-state index contributed by atoms with van der Waals surface area (Å²) < 4.78 is 0. The third kappa shape index (κ3) is 5.07. The maximum absolute atomic E-state index is 12.3. The molecule has 20 heavy (non-hydrogen) atoms. The number of carbonyl (C=O) groups excluding carboxylic acids is 2. The van der Waals surface area contributed by atoms with Gasteiger partial charge in [-0.25, -0.2) is 4.79 Å². The number of nitrogens with two attached hydrogens (primary N) is 1. The van der Waals surface area contributed by atoms with Crippen LogP contribution in [0.4, 0.5) is 4.79 Å². The summed E-state index contributed by atoms with van der Waals surface area (Å²) in [6.45, 7) is 3.97. The Morgan fingerprint density at radius 2 is 2.00 bits per heavy atom. The van der Waals surface area contributed by atoms with E-state index in [4.69, 9.17) is 10.8 Å². The maximum Gasteiger partial charge on any atom is 0.318 e. The van der Waals surface area contributed by atoms with Gasteiger partial charge in [0.05, 0.1) is 6.42 Å². The molecule has 114 valence electrons. The summed E-state index contributed by atoms with van der Waals surface area (Å²) in [4.78, 5) is 35.6. The largest absolute Gasteiger partial charge is 0.481 e. The van der Waals surface area contributed by atoms with Crippen LogP contribution in [-0.2, 0) is 9.59 Å². The quantitative estimate of drug-likeness (QED) is 0.689. The van der Waals surface area contributed by atoms with E-state index >= 15 is 0 Å². The lowest BCUT2D eigenvalue weighted by Gasteiger charge is -2.37. The lowest BCUT2D eigenvalue weighted by Crippen LogP contribution is -2.55. The van der Waals surface area contributed by atoms with Crippen molar-refractivity contribution in [1.82, 2.24) is 10.2 Å². The molecule has 1 fully saturated rings. The first kappa shape index (κ1) is 16.3. The van der Waals surface area contributed by atoms with Gasteiger partial charge >= 0.3 is 12.0 Å². The Hall–Kier alpha value is -1.79. The number of rotatable bonds is 5. The van der Waals surface area contributed by atoms with E-state index in [1.54, 1.807) is 18.7 Å². The second-order valence-electron chi connectivity index (χ2n) is 5.90. The van der Waals surface area contributed by atoms with Crippen molar-refractivity contribution in [3.8, 4) is 0 Å². The van der Waals surface area contributed by atoms with Crippen molar-refractivity contribution in [3.05, 3.63) is 0 Å². The highest BCUT2D eigenvalue weighted by molar-refractivity contribution is 5.79. The van der Waals surface area contributed by atoms with E-state index < -0.39 is 17.4 Å². The Balaban J connectivity index is 2.67. The molecule has 7 heteroatoms. The minimum atomic E-state index is -0.911. The number of aliphatic carboxylic acids is 1. The van der Waals surface area contributed by atoms with Gasteiger partial charge in [-0.3, -0.25) is 9.59 Å². The smallest absolute Gasteiger partial charge is 0.318 e. The highest BCUT2D eigenvalue weighted by Crippen LogP contribution is 2.20. The number of carboxylic acid groups (broad SMARTS) is 1. The maximum atomic E-state index is 12.3. The summed E-state index contributed by atoms with van der Waals surface area (Å²) in [5.74, 6) is -1.40. The molecule has 1 aliphatic rings. The molecular formula is C13H23N3O4. The number of primary amides is 1. The molecule has 0 bridgehead atoms. The van der Waals surface area contributed by atoms with Gasteiger partial charge in [0, 0.05) is 24.5 Å². The fraction of sp³-hybridized carbons (Fsp3) is 0.769. The highest BCUT2D eigenvalue weighted by Gasteiger charge is 2.31. The molecule has 0 aromatic carbocycles. The summed E-state index contributed by atoms with van der Waals surface area (Å²) in [6, 6.07) is -0.618. The number of urea groups is 1. The number of hydrogen-bond donors (Lipinski definition) is 3.